The van der Waals surface area contributed by atoms with Crippen LogP contribution in [0.1, 0.15) is 26.0 Å². The number of nitrogens with zero attached hydrogens (tertiary/aromatic N) is 1. The summed E-state index contributed by atoms with van der Waals surface area (Å²) in [5.74, 6) is -0.626. The van der Waals surface area contributed by atoms with Gasteiger partial charge in [-0.25, -0.2) is 4.98 Å². The van der Waals surface area contributed by atoms with Crippen molar-refractivity contribution in [2.24, 2.45) is 5.92 Å². The summed E-state index contributed by atoms with van der Waals surface area (Å²) >= 11 is 3.38. The minimum Gasteiger partial charge on any atom is -0.466 e. The fraction of sp³-hybridized carbons (Fsp3) is 0.400. The minimum absolute atomic E-state index is 0.257. The number of hydrogen-bond donors (Lipinski definition) is 1. The number of hydrogen-bond acceptors (Lipinski definition) is 4. The predicted octanol–water partition coefficient (Wildman–Crippen LogP) is 2.82. The number of H-pyrrole nitrogens is 1. The second kappa shape index (κ2) is 6.85. The Balaban J connectivity index is 2.34. The molecule has 6 heteroatoms. The Bertz CT molecular complexity index is 712. The zero-order valence-electron chi connectivity index (χ0n) is 12.0. The smallest absolute Gasteiger partial charge is 0.309 e. The number of esters is 1. The van der Waals surface area contributed by atoms with Crippen LogP contribution in [-0.2, 0) is 16.0 Å². The molecule has 1 aromatic heterocycles. The van der Waals surface area contributed by atoms with Gasteiger partial charge in [-0.15, -0.1) is 0 Å². The van der Waals surface area contributed by atoms with Gasteiger partial charge in [0.25, 0.3) is 5.56 Å². The van der Waals surface area contributed by atoms with Crippen LogP contribution in [0.25, 0.3) is 11.0 Å². The maximum atomic E-state index is 12.1. The van der Waals surface area contributed by atoms with Crippen LogP contribution in [0.5, 0.6) is 0 Å². The van der Waals surface area contributed by atoms with E-state index in [0.29, 0.717) is 29.8 Å². The van der Waals surface area contributed by atoms with Gasteiger partial charge in [0.05, 0.1) is 23.6 Å². The summed E-state index contributed by atoms with van der Waals surface area (Å²) in [6, 6.07) is 5.47. The van der Waals surface area contributed by atoms with Gasteiger partial charge < -0.3 is 9.72 Å². The molecule has 1 aromatic carbocycles. The third-order valence-corrected chi connectivity index (χ3v) is 3.77. The van der Waals surface area contributed by atoms with Crippen LogP contribution >= 0.6 is 15.9 Å². The van der Waals surface area contributed by atoms with Crippen LogP contribution in [0.3, 0.4) is 0 Å². The lowest BCUT2D eigenvalue weighted by molar-refractivity contribution is -0.148. The Kier molecular flexibility index (Phi) is 5.12. The molecule has 2 rings (SSSR count). The standard InChI is InChI=1S/C15H17BrN2O3/c1-3-9(15(20)21-4-2)7-13-14(19)18-11-6-5-10(16)8-12(11)17-13/h5-6,8-9H,3-4,7H2,1-2H3,(H,18,19). The van der Waals surface area contributed by atoms with E-state index >= 15 is 0 Å². The molecule has 1 atom stereocenters. The number of fused-ring (bicyclic) bond motifs is 1. The highest BCUT2D eigenvalue weighted by molar-refractivity contribution is 9.10. The predicted molar refractivity (Wildman–Crippen MR) is 84.2 cm³/mol. The second-order valence-electron chi connectivity index (χ2n) is 4.74. The summed E-state index contributed by atoms with van der Waals surface area (Å²) < 4.78 is 5.91. The van der Waals surface area contributed by atoms with Gasteiger partial charge in [-0.2, -0.15) is 0 Å². The van der Waals surface area contributed by atoms with Crippen LogP contribution in [-0.4, -0.2) is 22.5 Å². The van der Waals surface area contributed by atoms with Gasteiger partial charge in [0.15, 0.2) is 0 Å². The summed E-state index contributed by atoms with van der Waals surface area (Å²) in [5.41, 5.74) is 1.47. The van der Waals surface area contributed by atoms with Crippen molar-refractivity contribution in [3.63, 3.8) is 0 Å². The van der Waals surface area contributed by atoms with Gasteiger partial charge in [-0.3, -0.25) is 9.59 Å². The van der Waals surface area contributed by atoms with Gasteiger partial charge >= 0.3 is 5.97 Å². The highest BCUT2D eigenvalue weighted by Crippen LogP contribution is 2.17. The van der Waals surface area contributed by atoms with Crippen molar-refractivity contribution < 1.29 is 9.53 Å². The Morgan fingerprint density at radius 1 is 1.43 bits per heavy atom. The van der Waals surface area contributed by atoms with E-state index in [1.54, 1.807) is 13.0 Å². The van der Waals surface area contributed by atoms with Crippen LogP contribution in [0.4, 0.5) is 0 Å². The SMILES string of the molecule is CCOC(=O)C(CC)Cc1nc2cc(Br)ccc2[nH]c1=O. The summed E-state index contributed by atoms with van der Waals surface area (Å²) in [5, 5.41) is 0. The fourth-order valence-electron chi connectivity index (χ4n) is 2.12. The summed E-state index contributed by atoms with van der Waals surface area (Å²) in [6.07, 6.45) is 0.892. The Hall–Kier alpha value is -1.69. The van der Waals surface area contributed by atoms with Crippen molar-refractivity contribution in [1.82, 2.24) is 9.97 Å². The fourth-order valence-corrected chi connectivity index (χ4v) is 2.47. The molecule has 0 bridgehead atoms. The monoisotopic (exact) mass is 352 g/mol. The summed E-state index contributed by atoms with van der Waals surface area (Å²) in [4.78, 5) is 31.1. The molecule has 21 heavy (non-hydrogen) atoms. The first kappa shape index (κ1) is 15.7. The Morgan fingerprint density at radius 3 is 2.86 bits per heavy atom. The van der Waals surface area contributed by atoms with Crippen molar-refractivity contribution in [3.8, 4) is 0 Å². The average Bonchev–Trinajstić information content (AvgIpc) is 2.45. The molecule has 0 saturated heterocycles. The lowest BCUT2D eigenvalue weighted by Gasteiger charge is -2.12. The topological polar surface area (TPSA) is 72.0 Å². The van der Waals surface area contributed by atoms with Crippen molar-refractivity contribution in [1.29, 1.82) is 0 Å². The molecule has 0 aliphatic rings. The van der Waals surface area contributed by atoms with Crippen LogP contribution in [0.2, 0.25) is 0 Å². The highest BCUT2D eigenvalue weighted by Gasteiger charge is 2.20. The van der Waals surface area contributed by atoms with E-state index in [2.05, 4.69) is 25.9 Å². The number of rotatable bonds is 5. The maximum absolute atomic E-state index is 12.1. The largest absolute Gasteiger partial charge is 0.466 e. The number of carbonyl (C=O) groups is 1. The lowest BCUT2D eigenvalue weighted by Crippen LogP contribution is -2.24. The van der Waals surface area contributed by atoms with Gasteiger partial charge in [-0.1, -0.05) is 22.9 Å². The van der Waals surface area contributed by atoms with Crippen LogP contribution < -0.4 is 5.56 Å². The Labute approximate surface area is 130 Å². The van der Waals surface area contributed by atoms with Gasteiger partial charge in [0.2, 0.25) is 0 Å². The van der Waals surface area contributed by atoms with Gasteiger partial charge in [0, 0.05) is 10.9 Å². The molecule has 112 valence electrons. The van der Waals surface area contributed by atoms with Gasteiger partial charge in [-0.05, 0) is 31.5 Å². The Morgan fingerprint density at radius 2 is 2.19 bits per heavy atom. The quantitative estimate of drug-likeness (QED) is 0.839. The highest BCUT2D eigenvalue weighted by atomic mass is 79.9. The molecule has 0 saturated carbocycles. The summed E-state index contributed by atoms with van der Waals surface area (Å²) in [6.45, 7) is 4.00. The molecule has 0 amide bonds. The van der Waals surface area contributed by atoms with E-state index in [-0.39, 0.29) is 23.9 Å². The average molecular weight is 353 g/mol. The number of nitrogens with one attached hydrogen (secondary N) is 1. The molecule has 2 aromatic rings. The lowest BCUT2D eigenvalue weighted by atomic mass is 10.0. The number of benzene rings is 1. The third-order valence-electron chi connectivity index (χ3n) is 3.28. The van der Waals surface area contributed by atoms with Crippen molar-refractivity contribution >= 4 is 32.9 Å². The number of halogens is 1. The first-order chi connectivity index (χ1) is 10.0. The van der Waals surface area contributed by atoms with E-state index in [1.165, 1.54) is 0 Å². The van der Waals surface area contributed by atoms with Gasteiger partial charge in [0.1, 0.15) is 5.69 Å². The first-order valence-corrected chi connectivity index (χ1v) is 7.69. The number of aromatic amines is 1. The number of ether oxygens (including phenoxy) is 1. The zero-order chi connectivity index (χ0) is 15.4. The zero-order valence-corrected chi connectivity index (χ0v) is 13.6. The number of aromatic nitrogens is 2. The van der Waals surface area contributed by atoms with E-state index in [4.69, 9.17) is 4.74 Å². The molecule has 0 fully saturated rings. The van der Waals surface area contributed by atoms with E-state index in [1.807, 2.05) is 19.1 Å². The molecule has 0 spiro atoms. The molecule has 0 aliphatic heterocycles. The molecule has 0 aliphatic carbocycles. The molecule has 1 heterocycles. The van der Waals surface area contributed by atoms with E-state index in [9.17, 15) is 9.59 Å². The van der Waals surface area contributed by atoms with E-state index in [0.717, 1.165) is 4.47 Å². The summed E-state index contributed by atoms with van der Waals surface area (Å²) in [7, 11) is 0. The molecule has 5 nitrogen and oxygen atoms in total. The molecular formula is C15H17BrN2O3. The molecule has 0 radical (unpaired) electrons. The molecule has 1 N–H and O–H groups in total. The third kappa shape index (κ3) is 3.69. The van der Waals surface area contributed by atoms with Crippen molar-refractivity contribution in [2.45, 2.75) is 26.7 Å². The van der Waals surface area contributed by atoms with E-state index < -0.39 is 0 Å². The van der Waals surface area contributed by atoms with Crippen molar-refractivity contribution in [2.75, 3.05) is 6.61 Å². The minimum atomic E-state index is -0.344. The molecule has 1 unspecified atom stereocenters. The van der Waals surface area contributed by atoms with Crippen LogP contribution in [0.15, 0.2) is 27.5 Å². The second-order valence-corrected chi connectivity index (χ2v) is 5.65. The number of carbonyl (C=O) groups excluding carboxylic acids is 1. The molecular weight excluding hydrogens is 336 g/mol. The van der Waals surface area contributed by atoms with Crippen LogP contribution in [0, 0.1) is 5.92 Å². The maximum Gasteiger partial charge on any atom is 0.309 e. The first-order valence-electron chi connectivity index (χ1n) is 6.90. The normalized spacial score (nSPS) is 12.3. The van der Waals surface area contributed by atoms with Crippen molar-refractivity contribution in [3.05, 3.63) is 38.7 Å².